The second-order valence-electron chi connectivity index (χ2n) is 5.86. The number of hydrogen-bond acceptors (Lipinski definition) is 3. The van der Waals surface area contributed by atoms with E-state index in [-0.39, 0.29) is 23.1 Å². The van der Waals surface area contributed by atoms with Gasteiger partial charge in [0.1, 0.15) is 0 Å². The average molecular weight is 346 g/mol. The Bertz CT molecular complexity index is 815. The van der Waals surface area contributed by atoms with Crippen LogP contribution in [0.15, 0.2) is 47.4 Å². The number of ether oxygens (including phenoxy) is 1. The van der Waals surface area contributed by atoms with Crippen molar-refractivity contribution in [2.45, 2.75) is 30.6 Å². The van der Waals surface area contributed by atoms with Crippen molar-refractivity contribution in [1.82, 2.24) is 4.72 Å². The lowest BCUT2D eigenvalue weighted by molar-refractivity contribution is 0.240. The second-order valence-corrected chi connectivity index (χ2v) is 7.62. The molecule has 127 valence electrons. The summed E-state index contributed by atoms with van der Waals surface area (Å²) in [7, 11) is -3.57. The third kappa shape index (κ3) is 3.39. The van der Waals surface area contributed by atoms with E-state index in [1.807, 2.05) is 25.1 Å². The topological polar surface area (TPSA) is 75.3 Å². The Hall–Kier alpha value is -2.05. The summed E-state index contributed by atoms with van der Waals surface area (Å²) in [6, 6.07) is 11.8. The molecule has 0 fully saturated rings. The molecule has 2 aromatic carbocycles. The van der Waals surface area contributed by atoms with Crippen LogP contribution in [0.1, 0.15) is 30.4 Å². The van der Waals surface area contributed by atoms with Crippen molar-refractivity contribution in [2.24, 2.45) is 0 Å². The van der Waals surface area contributed by atoms with Gasteiger partial charge in [0.05, 0.1) is 11.5 Å². The van der Waals surface area contributed by atoms with E-state index in [1.54, 1.807) is 18.2 Å². The average Bonchev–Trinajstić information content (AvgIpc) is 2.60. The minimum absolute atomic E-state index is 0.0626. The molecule has 5 nitrogen and oxygen atoms in total. The minimum Gasteiger partial charge on any atom is -0.489 e. The molecule has 0 amide bonds. The van der Waals surface area contributed by atoms with Crippen LogP contribution >= 0.6 is 0 Å². The monoisotopic (exact) mass is 346 g/mol. The van der Waals surface area contributed by atoms with E-state index < -0.39 is 10.0 Å². The lowest BCUT2D eigenvalue weighted by Crippen LogP contribution is -2.30. The van der Waals surface area contributed by atoms with Gasteiger partial charge in [0.15, 0.2) is 5.75 Å². The van der Waals surface area contributed by atoms with Crippen molar-refractivity contribution in [3.05, 3.63) is 53.6 Å². The van der Waals surface area contributed by atoms with E-state index in [1.165, 1.54) is 6.07 Å². The molecule has 0 saturated carbocycles. The molecule has 1 heterocycles. The van der Waals surface area contributed by atoms with Gasteiger partial charge in [0.2, 0.25) is 15.8 Å². The molecule has 0 saturated heterocycles. The highest BCUT2D eigenvalue weighted by Crippen LogP contribution is 2.39. The van der Waals surface area contributed by atoms with Crippen LogP contribution in [0.4, 0.5) is 0 Å². The van der Waals surface area contributed by atoms with E-state index in [0.29, 0.717) is 18.8 Å². The highest BCUT2D eigenvalue weighted by atomic mass is 32.2. The summed E-state index contributed by atoms with van der Waals surface area (Å²) >= 11 is 0. The highest BCUT2D eigenvalue weighted by Gasteiger charge is 2.26. The molecule has 6 heteroatoms. The first-order chi connectivity index (χ1) is 11.5. The number of rotatable bonds is 5. The molecule has 1 unspecified atom stereocenters. The Morgan fingerprint density at radius 2 is 1.92 bits per heavy atom. The van der Waals surface area contributed by atoms with E-state index in [9.17, 15) is 13.5 Å². The van der Waals surface area contributed by atoms with E-state index in [0.717, 1.165) is 17.5 Å². The summed E-state index contributed by atoms with van der Waals surface area (Å²) in [5.41, 5.74) is 1.87. The molecule has 0 aromatic heterocycles. The Morgan fingerprint density at radius 3 is 2.62 bits per heavy atom. The predicted molar refractivity (Wildman–Crippen MR) is 90.4 cm³/mol. The third-order valence-electron chi connectivity index (χ3n) is 4.32. The normalized spacial score (nSPS) is 17.1. The van der Waals surface area contributed by atoms with Gasteiger partial charge in [0, 0.05) is 18.0 Å². The van der Waals surface area contributed by atoms with Crippen LogP contribution in [0.5, 0.6) is 11.5 Å². The molecule has 3 rings (SSSR count). The van der Waals surface area contributed by atoms with Gasteiger partial charge in [-0.3, -0.25) is 5.11 Å². The molecule has 1 atom stereocenters. The van der Waals surface area contributed by atoms with Gasteiger partial charge < -0.3 is 4.74 Å². The van der Waals surface area contributed by atoms with Gasteiger partial charge >= 0.3 is 0 Å². The fourth-order valence-electron chi connectivity index (χ4n) is 2.88. The van der Waals surface area contributed by atoms with Gasteiger partial charge in [-0.1, -0.05) is 31.2 Å². The first-order valence-electron chi connectivity index (χ1n) is 8.02. The van der Waals surface area contributed by atoms with Gasteiger partial charge in [-0.25, -0.2) is 13.1 Å². The smallest absolute Gasteiger partial charge is 0.240 e. The number of benzene rings is 2. The van der Waals surface area contributed by atoms with Crippen molar-refractivity contribution in [3.8, 4) is 11.5 Å². The largest absolute Gasteiger partial charge is 0.489 e. The van der Waals surface area contributed by atoms with Crippen LogP contribution in [0, 0.1) is 0 Å². The van der Waals surface area contributed by atoms with Gasteiger partial charge in [-0.05, 0) is 36.6 Å². The number of nitrogens with one attached hydrogen (secondary N) is 1. The molecule has 0 spiro atoms. The molecule has 0 aliphatic carbocycles. The van der Waals surface area contributed by atoms with Gasteiger partial charge in [-0.15, -0.1) is 0 Å². The maximum atomic E-state index is 12.4. The molecular weight excluding hydrogens is 326 g/mol. The van der Waals surface area contributed by atoms with Crippen molar-refractivity contribution in [3.63, 3.8) is 0 Å². The first-order valence-corrected chi connectivity index (χ1v) is 9.51. The molecule has 24 heavy (non-hydrogen) atoms. The van der Waals surface area contributed by atoms with Crippen molar-refractivity contribution in [1.29, 1.82) is 0 Å². The van der Waals surface area contributed by atoms with E-state index >= 15 is 0 Å². The maximum Gasteiger partial charge on any atom is 0.240 e. The molecule has 2 aromatic rings. The minimum atomic E-state index is -3.57. The molecule has 1 N–H and O–H groups in total. The molecule has 1 aliphatic rings. The molecule has 0 bridgehead atoms. The number of aryl methyl sites for hydroxylation is 1. The quantitative estimate of drug-likeness (QED) is 0.903. The Balaban J connectivity index is 1.75. The van der Waals surface area contributed by atoms with Crippen LogP contribution in [-0.4, -0.2) is 21.6 Å². The summed E-state index contributed by atoms with van der Waals surface area (Å²) in [5, 5.41) is 11.8. The fraction of sp³-hybridized carbons (Fsp3) is 0.333. The summed E-state index contributed by atoms with van der Waals surface area (Å²) < 4.78 is 33.0. The van der Waals surface area contributed by atoms with Crippen LogP contribution in [0.3, 0.4) is 0 Å². The summed E-state index contributed by atoms with van der Waals surface area (Å²) in [6.45, 7) is 2.69. The number of para-hydroxylation sites is 1. The zero-order chi connectivity index (χ0) is 17.2. The molecular formula is C18H20NO4S. The van der Waals surface area contributed by atoms with Crippen LogP contribution < -0.4 is 9.46 Å². The Kier molecular flexibility index (Phi) is 4.78. The SMILES string of the molecule is CCc1ccc(S(=O)(=O)NCC2CCOc3c([O])cccc32)cc1. The van der Waals surface area contributed by atoms with E-state index in [2.05, 4.69) is 4.72 Å². The lowest BCUT2D eigenvalue weighted by atomic mass is 9.93. The maximum absolute atomic E-state index is 12.4. The third-order valence-corrected chi connectivity index (χ3v) is 5.76. The standard InChI is InChI=1S/C18H20NO4S/c1-2-13-6-8-15(9-7-13)24(21,22)19-12-14-10-11-23-18-16(14)4-3-5-17(18)20/h3-9,14,19H,2,10-12H2,1H3. The highest BCUT2D eigenvalue weighted by molar-refractivity contribution is 7.89. The number of sulfonamides is 1. The summed E-state index contributed by atoms with van der Waals surface area (Å²) in [4.78, 5) is 0.254. The van der Waals surface area contributed by atoms with Crippen molar-refractivity contribution >= 4 is 10.0 Å². The van der Waals surface area contributed by atoms with Crippen molar-refractivity contribution < 1.29 is 18.3 Å². The second kappa shape index (κ2) is 6.83. The van der Waals surface area contributed by atoms with Gasteiger partial charge in [0.25, 0.3) is 0 Å². The molecule has 1 aliphatic heterocycles. The van der Waals surface area contributed by atoms with Crippen molar-refractivity contribution in [2.75, 3.05) is 13.2 Å². The molecule has 1 radical (unpaired) electrons. The van der Waals surface area contributed by atoms with Crippen LogP contribution in [-0.2, 0) is 21.6 Å². The van der Waals surface area contributed by atoms with Crippen LogP contribution in [0.2, 0.25) is 0 Å². The Labute approximate surface area is 142 Å². The number of hydrogen-bond donors (Lipinski definition) is 1. The zero-order valence-corrected chi connectivity index (χ0v) is 14.3. The first kappa shape index (κ1) is 16.8. The Morgan fingerprint density at radius 1 is 1.17 bits per heavy atom. The van der Waals surface area contributed by atoms with E-state index in [4.69, 9.17) is 4.74 Å². The number of fused-ring (bicyclic) bond motifs is 1. The van der Waals surface area contributed by atoms with Gasteiger partial charge in [-0.2, -0.15) is 0 Å². The lowest BCUT2D eigenvalue weighted by Gasteiger charge is -2.26. The predicted octanol–water partition coefficient (Wildman–Crippen LogP) is 3.24. The van der Waals surface area contributed by atoms with Crippen LogP contribution in [0.25, 0.3) is 0 Å². The zero-order valence-electron chi connectivity index (χ0n) is 13.5. The summed E-state index contributed by atoms with van der Waals surface area (Å²) in [6.07, 6.45) is 1.54. The fourth-order valence-corrected chi connectivity index (χ4v) is 3.96. The summed E-state index contributed by atoms with van der Waals surface area (Å²) in [5.74, 6) is 0.128.